The van der Waals surface area contributed by atoms with Crippen molar-refractivity contribution in [2.24, 2.45) is 0 Å². The SMILES string of the molecule is CCNC(Cc1cccc(OC)c1)c1ccc(F)cc1C. The molecular weight excluding hydrogens is 265 g/mol. The molecule has 0 aliphatic carbocycles. The van der Waals surface area contributed by atoms with E-state index in [1.165, 1.54) is 11.6 Å². The Morgan fingerprint density at radius 2 is 2.00 bits per heavy atom. The zero-order chi connectivity index (χ0) is 15.2. The van der Waals surface area contributed by atoms with Crippen LogP contribution in [0.1, 0.15) is 29.7 Å². The number of ether oxygens (including phenoxy) is 1. The van der Waals surface area contributed by atoms with Gasteiger partial charge in [0, 0.05) is 6.04 Å². The molecule has 2 aromatic carbocycles. The number of aryl methyl sites for hydroxylation is 1. The molecule has 0 heterocycles. The van der Waals surface area contributed by atoms with Gasteiger partial charge < -0.3 is 10.1 Å². The molecule has 0 aliphatic heterocycles. The zero-order valence-corrected chi connectivity index (χ0v) is 12.8. The molecule has 0 fully saturated rings. The lowest BCUT2D eigenvalue weighted by Gasteiger charge is -2.21. The van der Waals surface area contributed by atoms with Crippen LogP contribution in [-0.4, -0.2) is 13.7 Å². The number of halogens is 1. The van der Waals surface area contributed by atoms with Gasteiger partial charge in [-0.25, -0.2) is 4.39 Å². The topological polar surface area (TPSA) is 21.3 Å². The Morgan fingerprint density at radius 3 is 2.67 bits per heavy atom. The van der Waals surface area contributed by atoms with Crippen molar-refractivity contribution in [3.63, 3.8) is 0 Å². The molecule has 1 unspecified atom stereocenters. The van der Waals surface area contributed by atoms with Crippen molar-refractivity contribution in [2.75, 3.05) is 13.7 Å². The van der Waals surface area contributed by atoms with E-state index in [-0.39, 0.29) is 11.9 Å². The van der Waals surface area contributed by atoms with Gasteiger partial charge in [-0.15, -0.1) is 0 Å². The number of hydrogen-bond acceptors (Lipinski definition) is 2. The summed E-state index contributed by atoms with van der Waals surface area (Å²) in [5.74, 6) is 0.673. The van der Waals surface area contributed by atoms with Crippen LogP contribution in [0.15, 0.2) is 42.5 Å². The van der Waals surface area contributed by atoms with E-state index in [0.717, 1.165) is 29.8 Å². The highest BCUT2D eigenvalue weighted by Crippen LogP contribution is 2.24. The minimum Gasteiger partial charge on any atom is -0.497 e. The van der Waals surface area contributed by atoms with E-state index in [9.17, 15) is 4.39 Å². The molecule has 2 nitrogen and oxygen atoms in total. The van der Waals surface area contributed by atoms with Crippen LogP contribution in [-0.2, 0) is 6.42 Å². The summed E-state index contributed by atoms with van der Waals surface area (Å²) in [7, 11) is 1.67. The molecule has 0 saturated heterocycles. The zero-order valence-electron chi connectivity index (χ0n) is 12.8. The summed E-state index contributed by atoms with van der Waals surface area (Å²) >= 11 is 0. The van der Waals surface area contributed by atoms with E-state index < -0.39 is 0 Å². The first-order valence-electron chi connectivity index (χ1n) is 7.26. The minimum absolute atomic E-state index is 0.169. The molecule has 0 radical (unpaired) electrons. The molecule has 112 valence electrons. The standard InChI is InChI=1S/C18H22FNO/c1-4-20-18(17-9-8-15(19)10-13(17)2)12-14-6-5-7-16(11-14)21-3/h5-11,18,20H,4,12H2,1-3H3. The average Bonchev–Trinajstić information content (AvgIpc) is 2.47. The van der Waals surface area contributed by atoms with E-state index in [0.29, 0.717) is 0 Å². The van der Waals surface area contributed by atoms with Gasteiger partial charge in [0.2, 0.25) is 0 Å². The van der Waals surface area contributed by atoms with Crippen molar-refractivity contribution in [2.45, 2.75) is 26.3 Å². The molecule has 1 atom stereocenters. The number of rotatable bonds is 6. The van der Waals surface area contributed by atoms with Crippen LogP contribution in [0.25, 0.3) is 0 Å². The normalized spacial score (nSPS) is 12.2. The summed E-state index contributed by atoms with van der Waals surface area (Å²) in [5, 5.41) is 3.48. The highest BCUT2D eigenvalue weighted by Gasteiger charge is 2.14. The molecule has 0 amide bonds. The fourth-order valence-corrected chi connectivity index (χ4v) is 2.60. The minimum atomic E-state index is -0.187. The lowest BCUT2D eigenvalue weighted by molar-refractivity contribution is 0.414. The van der Waals surface area contributed by atoms with E-state index in [1.807, 2.05) is 31.2 Å². The van der Waals surface area contributed by atoms with Crippen molar-refractivity contribution in [3.8, 4) is 5.75 Å². The summed E-state index contributed by atoms with van der Waals surface area (Å²) in [5.41, 5.74) is 3.31. The van der Waals surface area contributed by atoms with Gasteiger partial charge in [0.1, 0.15) is 11.6 Å². The Bertz CT molecular complexity index is 598. The van der Waals surface area contributed by atoms with Gasteiger partial charge in [0.05, 0.1) is 7.11 Å². The van der Waals surface area contributed by atoms with E-state index in [4.69, 9.17) is 4.74 Å². The van der Waals surface area contributed by atoms with Crippen LogP contribution in [0.2, 0.25) is 0 Å². The predicted octanol–water partition coefficient (Wildman–Crippen LogP) is 4.04. The van der Waals surface area contributed by atoms with E-state index in [2.05, 4.69) is 18.3 Å². The molecule has 21 heavy (non-hydrogen) atoms. The van der Waals surface area contributed by atoms with E-state index in [1.54, 1.807) is 13.2 Å². The number of likely N-dealkylation sites (N-methyl/N-ethyl adjacent to an activating group) is 1. The first-order valence-corrected chi connectivity index (χ1v) is 7.26. The third-order valence-electron chi connectivity index (χ3n) is 3.63. The smallest absolute Gasteiger partial charge is 0.123 e. The van der Waals surface area contributed by atoms with Crippen LogP contribution >= 0.6 is 0 Å². The Kier molecular flexibility index (Phi) is 5.34. The maximum absolute atomic E-state index is 13.3. The summed E-state index contributed by atoms with van der Waals surface area (Å²) in [6, 6.07) is 13.2. The lowest BCUT2D eigenvalue weighted by atomic mass is 9.95. The fraction of sp³-hybridized carbons (Fsp3) is 0.333. The Labute approximate surface area is 126 Å². The third-order valence-corrected chi connectivity index (χ3v) is 3.63. The highest BCUT2D eigenvalue weighted by molar-refractivity contribution is 5.33. The van der Waals surface area contributed by atoms with Gasteiger partial charge in [-0.05, 0) is 60.8 Å². The molecule has 0 saturated carbocycles. The van der Waals surface area contributed by atoms with Crippen molar-refractivity contribution in [3.05, 3.63) is 65.0 Å². The molecule has 0 aliphatic rings. The maximum Gasteiger partial charge on any atom is 0.123 e. The van der Waals surface area contributed by atoms with Gasteiger partial charge in [-0.1, -0.05) is 25.1 Å². The molecule has 0 aromatic heterocycles. The predicted molar refractivity (Wildman–Crippen MR) is 84.3 cm³/mol. The van der Waals surface area contributed by atoms with Crippen LogP contribution in [0.4, 0.5) is 4.39 Å². The van der Waals surface area contributed by atoms with Gasteiger partial charge in [-0.3, -0.25) is 0 Å². The summed E-state index contributed by atoms with van der Waals surface area (Å²) in [6.45, 7) is 4.90. The number of methoxy groups -OCH3 is 1. The summed E-state index contributed by atoms with van der Waals surface area (Å²) in [4.78, 5) is 0. The largest absolute Gasteiger partial charge is 0.497 e. The van der Waals surface area contributed by atoms with Crippen LogP contribution in [0, 0.1) is 12.7 Å². The van der Waals surface area contributed by atoms with Gasteiger partial charge in [0.15, 0.2) is 0 Å². The third kappa shape index (κ3) is 4.05. The highest BCUT2D eigenvalue weighted by atomic mass is 19.1. The van der Waals surface area contributed by atoms with Crippen LogP contribution < -0.4 is 10.1 Å². The second-order valence-corrected chi connectivity index (χ2v) is 5.17. The second-order valence-electron chi connectivity index (χ2n) is 5.17. The van der Waals surface area contributed by atoms with Crippen LogP contribution in [0.5, 0.6) is 5.75 Å². The Hall–Kier alpha value is -1.87. The number of hydrogen-bond donors (Lipinski definition) is 1. The average molecular weight is 287 g/mol. The lowest BCUT2D eigenvalue weighted by Crippen LogP contribution is -2.23. The van der Waals surface area contributed by atoms with Crippen molar-refractivity contribution < 1.29 is 9.13 Å². The summed E-state index contributed by atoms with van der Waals surface area (Å²) in [6.07, 6.45) is 0.845. The van der Waals surface area contributed by atoms with Gasteiger partial charge in [-0.2, -0.15) is 0 Å². The van der Waals surface area contributed by atoms with Crippen molar-refractivity contribution in [1.29, 1.82) is 0 Å². The first-order chi connectivity index (χ1) is 10.1. The maximum atomic E-state index is 13.3. The van der Waals surface area contributed by atoms with Crippen LogP contribution in [0.3, 0.4) is 0 Å². The van der Waals surface area contributed by atoms with Crippen molar-refractivity contribution in [1.82, 2.24) is 5.32 Å². The first kappa shape index (κ1) is 15.5. The quantitative estimate of drug-likeness (QED) is 0.866. The Balaban J connectivity index is 2.26. The molecule has 1 N–H and O–H groups in total. The van der Waals surface area contributed by atoms with E-state index >= 15 is 0 Å². The molecule has 3 heteroatoms. The molecule has 0 bridgehead atoms. The molecular formula is C18H22FNO. The fourth-order valence-electron chi connectivity index (χ4n) is 2.60. The second kappa shape index (κ2) is 7.23. The summed E-state index contributed by atoms with van der Waals surface area (Å²) < 4.78 is 18.6. The monoisotopic (exact) mass is 287 g/mol. The number of nitrogens with one attached hydrogen (secondary N) is 1. The van der Waals surface area contributed by atoms with Gasteiger partial charge >= 0.3 is 0 Å². The van der Waals surface area contributed by atoms with Gasteiger partial charge in [0.25, 0.3) is 0 Å². The van der Waals surface area contributed by atoms with Crippen molar-refractivity contribution >= 4 is 0 Å². The Morgan fingerprint density at radius 1 is 1.19 bits per heavy atom. The number of benzene rings is 2. The molecule has 0 spiro atoms. The molecule has 2 aromatic rings. The molecule has 2 rings (SSSR count).